The highest BCUT2D eigenvalue weighted by atomic mass is 15.3. The molecule has 0 aromatic heterocycles. The van der Waals surface area contributed by atoms with Crippen LogP contribution in [0.5, 0.6) is 0 Å². The van der Waals surface area contributed by atoms with Crippen molar-refractivity contribution in [2.45, 2.75) is 25.8 Å². The molecule has 1 aliphatic rings. The van der Waals surface area contributed by atoms with E-state index in [4.69, 9.17) is 5.84 Å². The summed E-state index contributed by atoms with van der Waals surface area (Å²) in [6, 6.07) is 0.592. The van der Waals surface area contributed by atoms with Crippen molar-refractivity contribution in [1.82, 2.24) is 10.7 Å². The van der Waals surface area contributed by atoms with Crippen molar-refractivity contribution in [3.8, 4) is 0 Å². The van der Waals surface area contributed by atoms with Gasteiger partial charge >= 0.3 is 0 Å². The van der Waals surface area contributed by atoms with Crippen LogP contribution < -0.4 is 16.6 Å². The Balaban J connectivity index is 2.22. The maximum Gasteiger partial charge on any atom is 0.205 e. The fraction of sp³-hybridized carbons (Fsp3) is 0.857. The zero-order valence-corrected chi connectivity index (χ0v) is 7.09. The molecule has 0 heterocycles. The Hall–Kier alpha value is -0.770. The molecule has 0 aromatic carbocycles. The van der Waals surface area contributed by atoms with Crippen LogP contribution in [0.2, 0.25) is 0 Å². The van der Waals surface area contributed by atoms with E-state index in [-0.39, 0.29) is 0 Å². The topological polar surface area (TPSA) is 62.4 Å². The monoisotopic (exact) mass is 156 g/mol. The van der Waals surface area contributed by atoms with Gasteiger partial charge in [-0.3, -0.25) is 10.4 Å². The Morgan fingerprint density at radius 3 is 2.82 bits per heavy atom. The summed E-state index contributed by atoms with van der Waals surface area (Å²) in [5.41, 5.74) is 2.51. The van der Waals surface area contributed by atoms with Crippen molar-refractivity contribution in [2.75, 3.05) is 7.05 Å². The highest BCUT2D eigenvalue weighted by molar-refractivity contribution is 5.79. The third-order valence-electron chi connectivity index (χ3n) is 2.13. The van der Waals surface area contributed by atoms with Gasteiger partial charge in [-0.05, 0) is 12.3 Å². The lowest BCUT2D eigenvalue weighted by Crippen LogP contribution is -2.42. The molecule has 4 N–H and O–H groups in total. The smallest absolute Gasteiger partial charge is 0.205 e. The number of hydrogen-bond donors (Lipinski definition) is 3. The van der Waals surface area contributed by atoms with Crippen LogP contribution in [0.25, 0.3) is 0 Å². The maximum absolute atomic E-state index is 5.20. The van der Waals surface area contributed by atoms with Gasteiger partial charge in [0.05, 0.1) is 0 Å². The van der Waals surface area contributed by atoms with Gasteiger partial charge in [-0.2, -0.15) is 0 Å². The first-order valence-electron chi connectivity index (χ1n) is 4.01. The molecule has 2 atom stereocenters. The van der Waals surface area contributed by atoms with Gasteiger partial charge in [0.15, 0.2) is 0 Å². The van der Waals surface area contributed by atoms with Gasteiger partial charge in [0, 0.05) is 13.1 Å². The van der Waals surface area contributed by atoms with E-state index in [1.54, 1.807) is 7.05 Å². The number of hydrazine groups is 1. The standard InChI is InChI=1S/C7H16N4/c1-3-5-4-6(5)10-7(9-2)11-8/h5-6H,3-4,8H2,1-2H3,(H2,9,10,11). The predicted molar refractivity (Wildman–Crippen MR) is 46.0 cm³/mol. The molecule has 0 spiro atoms. The number of rotatable bonds is 2. The van der Waals surface area contributed by atoms with Crippen molar-refractivity contribution in [3.05, 3.63) is 0 Å². The summed E-state index contributed by atoms with van der Waals surface area (Å²) in [5.74, 6) is 6.71. The first-order chi connectivity index (χ1) is 5.31. The van der Waals surface area contributed by atoms with Crippen molar-refractivity contribution in [3.63, 3.8) is 0 Å². The van der Waals surface area contributed by atoms with Crippen LogP contribution in [-0.2, 0) is 0 Å². The minimum Gasteiger partial charge on any atom is -0.352 e. The lowest BCUT2D eigenvalue weighted by molar-refractivity contribution is 0.710. The fourth-order valence-electron chi connectivity index (χ4n) is 1.22. The molecule has 0 amide bonds. The van der Waals surface area contributed by atoms with E-state index >= 15 is 0 Å². The lowest BCUT2D eigenvalue weighted by Gasteiger charge is -2.06. The molecule has 4 nitrogen and oxygen atoms in total. The summed E-state index contributed by atoms with van der Waals surface area (Å²) in [5, 5.41) is 3.21. The molecule has 0 radical (unpaired) electrons. The largest absolute Gasteiger partial charge is 0.352 e. The molecule has 0 aliphatic heterocycles. The van der Waals surface area contributed by atoms with Crippen molar-refractivity contribution in [2.24, 2.45) is 16.8 Å². The van der Waals surface area contributed by atoms with Gasteiger partial charge in [-0.25, -0.2) is 5.84 Å². The highest BCUT2D eigenvalue weighted by Crippen LogP contribution is 2.32. The molecule has 1 saturated carbocycles. The van der Waals surface area contributed by atoms with Gasteiger partial charge in [0.25, 0.3) is 0 Å². The van der Waals surface area contributed by atoms with Crippen molar-refractivity contribution in [1.29, 1.82) is 0 Å². The van der Waals surface area contributed by atoms with Crippen LogP contribution in [-0.4, -0.2) is 19.0 Å². The predicted octanol–water partition coefficient (Wildman–Crippen LogP) is -0.176. The van der Waals surface area contributed by atoms with E-state index in [0.717, 1.165) is 5.92 Å². The summed E-state index contributed by atoms with van der Waals surface area (Å²) in [7, 11) is 1.71. The molecule has 1 aliphatic carbocycles. The Bertz CT molecular complexity index is 155. The molecule has 1 fully saturated rings. The van der Waals surface area contributed by atoms with E-state index in [2.05, 4.69) is 22.7 Å². The zero-order chi connectivity index (χ0) is 8.27. The van der Waals surface area contributed by atoms with Crippen LogP contribution >= 0.6 is 0 Å². The zero-order valence-electron chi connectivity index (χ0n) is 7.09. The van der Waals surface area contributed by atoms with E-state index in [0.29, 0.717) is 12.0 Å². The molecule has 2 unspecified atom stereocenters. The van der Waals surface area contributed by atoms with Gasteiger partial charge < -0.3 is 5.32 Å². The first kappa shape index (κ1) is 8.33. The lowest BCUT2D eigenvalue weighted by atomic mass is 10.3. The number of nitrogens with one attached hydrogen (secondary N) is 2. The van der Waals surface area contributed by atoms with Crippen LogP contribution in [0.15, 0.2) is 4.99 Å². The normalized spacial score (nSPS) is 29.9. The summed E-state index contributed by atoms with van der Waals surface area (Å²) in [6.07, 6.45) is 2.48. The van der Waals surface area contributed by atoms with Crippen LogP contribution in [0.4, 0.5) is 0 Å². The first-order valence-corrected chi connectivity index (χ1v) is 4.01. The number of guanidine groups is 1. The molecule has 64 valence electrons. The summed E-state index contributed by atoms with van der Waals surface area (Å²) in [4.78, 5) is 3.92. The van der Waals surface area contributed by atoms with Gasteiger partial charge in [0.2, 0.25) is 5.96 Å². The maximum atomic E-state index is 5.20. The van der Waals surface area contributed by atoms with Gasteiger partial charge in [-0.1, -0.05) is 13.3 Å². The Morgan fingerprint density at radius 2 is 2.45 bits per heavy atom. The minimum atomic E-state index is 0.592. The van der Waals surface area contributed by atoms with Gasteiger partial charge in [0.1, 0.15) is 0 Å². The number of aliphatic imine (C=N–C) groups is 1. The molecular formula is C7H16N4. The summed E-state index contributed by atoms with van der Waals surface area (Å²) in [6.45, 7) is 2.20. The average molecular weight is 156 g/mol. The molecule has 11 heavy (non-hydrogen) atoms. The van der Waals surface area contributed by atoms with E-state index in [1.165, 1.54) is 12.8 Å². The summed E-state index contributed by atoms with van der Waals surface area (Å²) < 4.78 is 0. The molecule has 0 bridgehead atoms. The third-order valence-corrected chi connectivity index (χ3v) is 2.13. The van der Waals surface area contributed by atoms with Crippen molar-refractivity contribution < 1.29 is 0 Å². The number of nitrogens with two attached hydrogens (primary N) is 1. The summed E-state index contributed by atoms with van der Waals surface area (Å²) >= 11 is 0. The van der Waals surface area contributed by atoms with E-state index in [9.17, 15) is 0 Å². The van der Waals surface area contributed by atoms with Crippen molar-refractivity contribution >= 4 is 5.96 Å². The van der Waals surface area contributed by atoms with Crippen LogP contribution in [0.3, 0.4) is 0 Å². The van der Waals surface area contributed by atoms with Crippen LogP contribution in [0.1, 0.15) is 19.8 Å². The quantitative estimate of drug-likeness (QED) is 0.225. The number of hydrogen-bond acceptors (Lipinski definition) is 2. The highest BCUT2D eigenvalue weighted by Gasteiger charge is 2.35. The molecule has 0 aromatic rings. The Morgan fingerprint density at radius 1 is 1.73 bits per heavy atom. The Kier molecular flexibility index (Phi) is 2.70. The molecule has 1 rings (SSSR count). The molecule has 4 heteroatoms. The van der Waals surface area contributed by atoms with E-state index in [1.807, 2.05) is 0 Å². The second-order valence-corrected chi connectivity index (χ2v) is 2.87. The van der Waals surface area contributed by atoms with Gasteiger partial charge in [-0.15, -0.1) is 0 Å². The second kappa shape index (κ2) is 3.57. The molecule has 0 saturated heterocycles. The second-order valence-electron chi connectivity index (χ2n) is 2.87. The molecular weight excluding hydrogens is 140 g/mol. The Labute approximate surface area is 67.2 Å². The van der Waals surface area contributed by atoms with Crippen LogP contribution in [0, 0.1) is 5.92 Å². The third kappa shape index (κ3) is 2.08. The fourth-order valence-corrected chi connectivity index (χ4v) is 1.22. The number of nitrogens with zero attached hydrogens (tertiary/aromatic N) is 1. The SMILES string of the molecule is CCC1CC1NC(=NC)NN. The average Bonchev–Trinajstić information content (AvgIpc) is 2.78. The van der Waals surface area contributed by atoms with E-state index < -0.39 is 0 Å². The minimum absolute atomic E-state index is 0.592.